The molecule has 0 saturated carbocycles. The maximum atomic E-state index is 13.5. The fourth-order valence-electron chi connectivity index (χ4n) is 3.98. The molecule has 0 bridgehead atoms. The van der Waals surface area contributed by atoms with Crippen LogP contribution in [0.25, 0.3) is 11.0 Å². The average molecular weight is 461 g/mol. The molecule has 4 rings (SSSR count). The molecule has 0 radical (unpaired) electrons. The van der Waals surface area contributed by atoms with E-state index in [2.05, 4.69) is 31.0 Å². The highest BCUT2D eigenvalue weighted by atomic mass is 32.2. The summed E-state index contributed by atoms with van der Waals surface area (Å²) in [4.78, 5) is 18.2. The summed E-state index contributed by atoms with van der Waals surface area (Å²) >= 11 is 0. The number of rotatable bonds is 8. The molecule has 1 unspecified atom stereocenters. The van der Waals surface area contributed by atoms with Gasteiger partial charge in [-0.2, -0.15) is 0 Å². The van der Waals surface area contributed by atoms with Gasteiger partial charge in [0.1, 0.15) is 17.7 Å². The van der Waals surface area contributed by atoms with Crippen molar-refractivity contribution in [1.29, 1.82) is 0 Å². The normalized spacial score (nSPS) is 12.2. The molecule has 33 heavy (non-hydrogen) atoms. The molecule has 0 aliphatic heterocycles. The first-order valence-corrected chi connectivity index (χ1v) is 12.8. The van der Waals surface area contributed by atoms with Gasteiger partial charge in [0.05, 0.1) is 19.8 Å². The first-order chi connectivity index (χ1) is 16.0. The molecule has 5 nitrogen and oxygen atoms in total. The van der Waals surface area contributed by atoms with E-state index in [0.29, 0.717) is 41.4 Å². The molecule has 0 saturated heterocycles. The second-order valence-electron chi connectivity index (χ2n) is 8.17. The van der Waals surface area contributed by atoms with Crippen molar-refractivity contribution >= 4 is 21.9 Å². The number of pyridine rings is 2. The number of aromatic nitrogens is 2. The third-order valence-electron chi connectivity index (χ3n) is 5.89. The smallest absolute Gasteiger partial charge is 0.307 e. The fraction of sp³-hybridized carbons (Fsp3) is 0.259. The van der Waals surface area contributed by atoms with E-state index in [1.54, 1.807) is 22.9 Å². The molecule has 0 fully saturated rings. The van der Waals surface area contributed by atoms with Crippen LogP contribution in [0.1, 0.15) is 22.3 Å². The number of hydrogen-bond donors (Lipinski definition) is 0. The summed E-state index contributed by atoms with van der Waals surface area (Å²) in [6.45, 7) is 5.55. The molecule has 2 aromatic carbocycles. The lowest BCUT2D eigenvalue weighted by atomic mass is 10.0. The van der Waals surface area contributed by atoms with Crippen LogP contribution in [0.4, 0.5) is 0 Å². The topological polar surface area (TPSA) is 67.2 Å². The molecule has 170 valence electrons. The fourth-order valence-corrected chi connectivity index (χ4v) is 5.39. The van der Waals surface area contributed by atoms with E-state index in [4.69, 9.17) is 4.74 Å². The molecular weight excluding hydrogens is 432 g/mol. The Hall–Kier alpha value is -3.09. The summed E-state index contributed by atoms with van der Waals surface area (Å²) < 4.78 is 7.58. The Morgan fingerprint density at radius 2 is 1.73 bits per heavy atom. The zero-order chi connectivity index (χ0) is 23.4. The number of nitrogens with zero attached hydrogens (tertiary/aromatic N) is 2. The van der Waals surface area contributed by atoms with E-state index >= 15 is 0 Å². The summed E-state index contributed by atoms with van der Waals surface area (Å²) in [6.07, 6.45) is 3.57. The van der Waals surface area contributed by atoms with Crippen LogP contribution in [0.3, 0.4) is 0 Å². The Kier molecular flexibility index (Phi) is 7.16. The lowest BCUT2D eigenvalue weighted by Gasteiger charge is -2.18. The van der Waals surface area contributed by atoms with Crippen LogP contribution < -0.4 is 10.7 Å². The Bertz CT molecular complexity index is 1300. The van der Waals surface area contributed by atoms with Crippen LogP contribution in [-0.4, -0.2) is 28.2 Å². The lowest BCUT2D eigenvalue weighted by molar-refractivity contribution is -0.270. The van der Waals surface area contributed by atoms with Gasteiger partial charge in [0.15, 0.2) is 0 Å². The van der Waals surface area contributed by atoms with E-state index < -0.39 is 10.9 Å². The Morgan fingerprint density at radius 3 is 2.45 bits per heavy atom. The van der Waals surface area contributed by atoms with Crippen molar-refractivity contribution in [3.63, 3.8) is 0 Å². The van der Waals surface area contributed by atoms with E-state index in [1.165, 1.54) is 16.7 Å². The lowest BCUT2D eigenvalue weighted by Crippen LogP contribution is -2.30. The van der Waals surface area contributed by atoms with Gasteiger partial charge >= 0.3 is 5.56 Å². The van der Waals surface area contributed by atoms with E-state index in [9.17, 15) is 9.90 Å². The number of ether oxygens (including phenoxy) is 1. The van der Waals surface area contributed by atoms with E-state index in [0.717, 1.165) is 5.56 Å². The minimum atomic E-state index is -0.548. The van der Waals surface area contributed by atoms with Crippen molar-refractivity contribution < 1.29 is 9.84 Å². The van der Waals surface area contributed by atoms with Crippen molar-refractivity contribution in [2.75, 3.05) is 18.6 Å². The minimum absolute atomic E-state index is 0.215. The van der Waals surface area contributed by atoms with Crippen LogP contribution in [0, 0.1) is 13.8 Å². The molecule has 0 aliphatic carbocycles. The van der Waals surface area contributed by atoms with Gasteiger partial charge in [0.25, 0.3) is 0 Å². The van der Waals surface area contributed by atoms with Crippen molar-refractivity contribution in [2.45, 2.75) is 31.9 Å². The monoisotopic (exact) mass is 460 g/mol. The predicted octanol–water partition coefficient (Wildman–Crippen LogP) is 3.96. The van der Waals surface area contributed by atoms with Crippen molar-refractivity contribution in [3.8, 4) is 5.75 Å². The van der Waals surface area contributed by atoms with Crippen LogP contribution in [0.15, 0.2) is 76.6 Å². The maximum absolute atomic E-state index is 13.5. The summed E-state index contributed by atoms with van der Waals surface area (Å²) in [5, 5.41) is 13.7. The highest BCUT2D eigenvalue weighted by molar-refractivity contribution is 7.96. The van der Waals surface area contributed by atoms with Gasteiger partial charge in [-0.3, -0.25) is 9.36 Å². The second-order valence-corrected chi connectivity index (χ2v) is 10.3. The highest BCUT2D eigenvalue weighted by Gasteiger charge is 2.25. The Morgan fingerprint density at radius 1 is 1.00 bits per heavy atom. The average Bonchev–Trinajstić information content (AvgIpc) is 2.82. The van der Waals surface area contributed by atoms with Crippen LogP contribution in [0.2, 0.25) is 0 Å². The molecular formula is C27H28N2O3S. The van der Waals surface area contributed by atoms with E-state index in [-0.39, 0.29) is 11.3 Å². The Balaban J connectivity index is 1.58. The van der Waals surface area contributed by atoms with Gasteiger partial charge in [0.2, 0.25) is 4.90 Å². The van der Waals surface area contributed by atoms with Gasteiger partial charge in [-0.25, -0.2) is 4.98 Å². The maximum Gasteiger partial charge on any atom is 0.307 e. The molecule has 0 N–H and O–H groups in total. The predicted molar refractivity (Wildman–Crippen MR) is 133 cm³/mol. The van der Waals surface area contributed by atoms with Gasteiger partial charge in [-0.15, -0.1) is 0 Å². The standard InChI is InChI=1S/C27H28N2O3S/c1-19-9-7-10-20(2)23(19)18-32-15-16-33(3)25-24(30)22-13-8-14-28-26(22)29(27(25)31)17-21-11-5-4-6-12-21/h4-14H,15-18H2,1-3H3. The molecule has 0 spiro atoms. The van der Waals surface area contributed by atoms with Crippen molar-refractivity contribution in [3.05, 3.63) is 99.5 Å². The SMILES string of the molecule is Cc1cccc(C)c1COCC[S+](C)c1c([O-])c2cccnc2n(Cc2ccccc2)c1=O. The number of benzene rings is 2. The number of fused-ring (bicyclic) bond motifs is 1. The molecule has 2 aromatic heterocycles. The third-order valence-corrected chi connectivity index (χ3v) is 7.73. The first kappa shape index (κ1) is 23.1. The zero-order valence-corrected chi connectivity index (χ0v) is 20.0. The highest BCUT2D eigenvalue weighted by Crippen LogP contribution is 2.27. The molecule has 4 aromatic rings. The van der Waals surface area contributed by atoms with Gasteiger partial charge in [0, 0.05) is 22.5 Å². The molecule has 2 heterocycles. The zero-order valence-electron chi connectivity index (χ0n) is 19.2. The molecule has 0 amide bonds. The van der Waals surface area contributed by atoms with Crippen molar-refractivity contribution in [1.82, 2.24) is 9.55 Å². The summed E-state index contributed by atoms with van der Waals surface area (Å²) in [7, 11) is -0.548. The quantitative estimate of drug-likeness (QED) is 0.295. The molecule has 1 atom stereocenters. The second kappa shape index (κ2) is 10.2. The largest absolute Gasteiger partial charge is 0.868 e. The van der Waals surface area contributed by atoms with Gasteiger partial charge in [-0.05, 0) is 47.9 Å². The van der Waals surface area contributed by atoms with Crippen LogP contribution in [-0.2, 0) is 28.8 Å². The number of aryl methyl sites for hydroxylation is 2. The summed E-state index contributed by atoms with van der Waals surface area (Å²) in [5.74, 6) is 0.403. The number of hydrogen-bond acceptors (Lipinski definition) is 4. The van der Waals surface area contributed by atoms with Crippen LogP contribution >= 0.6 is 0 Å². The van der Waals surface area contributed by atoms with Gasteiger partial charge in [-0.1, -0.05) is 54.6 Å². The minimum Gasteiger partial charge on any atom is -0.868 e. The third kappa shape index (κ3) is 4.97. The Labute approximate surface area is 197 Å². The van der Waals surface area contributed by atoms with Crippen LogP contribution in [0.5, 0.6) is 5.75 Å². The van der Waals surface area contributed by atoms with Crippen molar-refractivity contribution in [2.24, 2.45) is 0 Å². The van der Waals surface area contributed by atoms with Gasteiger partial charge < -0.3 is 9.84 Å². The molecule has 0 aliphatic rings. The summed E-state index contributed by atoms with van der Waals surface area (Å²) in [5.41, 5.74) is 4.78. The molecule has 6 heteroatoms. The van der Waals surface area contributed by atoms with E-state index in [1.807, 2.05) is 42.7 Å². The first-order valence-electron chi connectivity index (χ1n) is 10.9. The summed E-state index contributed by atoms with van der Waals surface area (Å²) in [6, 6.07) is 19.5.